The lowest BCUT2D eigenvalue weighted by atomic mass is 10.1. The van der Waals surface area contributed by atoms with Gasteiger partial charge in [-0.3, -0.25) is 4.79 Å². The first-order valence-electron chi connectivity index (χ1n) is 5.47. The summed E-state index contributed by atoms with van der Waals surface area (Å²) in [5, 5.41) is 11.4. The van der Waals surface area contributed by atoms with E-state index >= 15 is 0 Å². The largest absolute Gasteiger partial charge is 0.467 e. The molecule has 8 heteroatoms. The minimum absolute atomic E-state index is 0.0185. The first kappa shape index (κ1) is 16.0. The molecule has 110 valence electrons. The third kappa shape index (κ3) is 4.23. The summed E-state index contributed by atoms with van der Waals surface area (Å²) in [6.45, 7) is -0.396. The molecule has 0 aliphatic heterocycles. The Hall–Kier alpha value is -2.09. The number of esters is 1. The van der Waals surface area contributed by atoms with E-state index in [1.807, 2.05) is 0 Å². The van der Waals surface area contributed by atoms with Gasteiger partial charge in [0, 0.05) is 5.56 Å². The Bertz CT molecular complexity index is 484. The van der Waals surface area contributed by atoms with E-state index in [4.69, 9.17) is 0 Å². The van der Waals surface area contributed by atoms with Gasteiger partial charge in [-0.1, -0.05) is 0 Å². The third-order valence-corrected chi connectivity index (χ3v) is 2.40. The van der Waals surface area contributed by atoms with Crippen LogP contribution in [-0.2, 0) is 15.7 Å². The van der Waals surface area contributed by atoms with Gasteiger partial charge in [-0.05, 0) is 24.3 Å². The van der Waals surface area contributed by atoms with Crippen molar-refractivity contribution in [3.05, 3.63) is 35.4 Å². The topological polar surface area (TPSA) is 75.6 Å². The average Bonchev–Trinajstić information content (AvgIpc) is 2.42. The number of amides is 1. The minimum Gasteiger partial charge on any atom is -0.467 e. The summed E-state index contributed by atoms with van der Waals surface area (Å²) >= 11 is 0. The van der Waals surface area contributed by atoms with E-state index in [9.17, 15) is 27.9 Å². The number of nitrogens with one attached hydrogen (secondary N) is 1. The molecule has 0 radical (unpaired) electrons. The number of alkyl halides is 3. The molecule has 0 bridgehead atoms. The molecule has 1 aromatic carbocycles. The second-order valence-corrected chi connectivity index (χ2v) is 3.82. The molecule has 1 unspecified atom stereocenters. The summed E-state index contributed by atoms with van der Waals surface area (Å²) in [6, 6.07) is 3.54. The molecule has 0 fully saturated rings. The number of aliphatic hydroxyl groups excluding tert-OH is 1. The standard InChI is InChI=1S/C12H12F3NO4/c1-20-11(19)9(17)6-16-10(18)7-2-4-8(5-3-7)12(13,14)15/h2-5,9,17H,6H2,1H3,(H,16,18). The number of rotatable bonds is 4. The quantitative estimate of drug-likeness (QED) is 0.811. The molecule has 0 heterocycles. The van der Waals surface area contributed by atoms with E-state index in [1.165, 1.54) is 0 Å². The first-order valence-corrected chi connectivity index (χ1v) is 5.47. The van der Waals surface area contributed by atoms with E-state index in [2.05, 4.69) is 10.1 Å². The van der Waals surface area contributed by atoms with Gasteiger partial charge < -0.3 is 15.2 Å². The van der Waals surface area contributed by atoms with Crippen LogP contribution in [0.5, 0.6) is 0 Å². The molecule has 1 amide bonds. The molecule has 5 nitrogen and oxygen atoms in total. The zero-order valence-electron chi connectivity index (χ0n) is 10.4. The van der Waals surface area contributed by atoms with Crippen LogP contribution in [0.2, 0.25) is 0 Å². The van der Waals surface area contributed by atoms with Gasteiger partial charge in [0.1, 0.15) is 0 Å². The smallest absolute Gasteiger partial charge is 0.416 e. The lowest BCUT2D eigenvalue weighted by molar-refractivity contribution is -0.149. The number of benzene rings is 1. The van der Waals surface area contributed by atoms with Crippen LogP contribution in [0.15, 0.2) is 24.3 Å². The Balaban J connectivity index is 2.63. The summed E-state index contributed by atoms with van der Waals surface area (Å²) < 4.78 is 41.2. The maximum absolute atomic E-state index is 12.3. The van der Waals surface area contributed by atoms with E-state index in [0.29, 0.717) is 0 Å². The van der Waals surface area contributed by atoms with Gasteiger partial charge in [-0.15, -0.1) is 0 Å². The van der Waals surface area contributed by atoms with Gasteiger partial charge in [0.25, 0.3) is 5.91 Å². The number of ether oxygens (including phenoxy) is 1. The lowest BCUT2D eigenvalue weighted by Crippen LogP contribution is -2.37. The van der Waals surface area contributed by atoms with E-state index < -0.39 is 36.3 Å². The van der Waals surface area contributed by atoms with Crippen molar-refractivity contribution in [1.29, 1.82) is 0 Å². The zero-order chi connectivity index (χ0) is 15.3. The molecular weight excluding hydrogens is 279 g/mol. The zero-order valence-corrected chi connectivity index (χ0v) is 10.4. The average molecular weight is 291 g/mol. The Morgan fingerprint density at radius 2 is 1.85 bits per heavy atom. The predicted octanol–water partition coefficient (Wildman–Crippen LogP) is 0.969. The third-order valence-electron chi connectivity index (χ3n) is 2.40. The first-order chi connectivity index (χ1) is 9.25. The van der Waals surface area contributed by atoms with Gasteiger partial charge in [0.2, 0.25) is 0 Å². The monoisotopic (exact) mass is 291 g/mol. The van der Waals surface area contributed by atoms with Crippen LogP contribution in [0.3, 0.4) is 0 Å². The molecule has 0 aromatic heterocycles. The summed E-state index contributed by atoms with van der Waals surface area (Å²) in [5.41, 5.74) is -0.890. The van der Waals surface area contributed by atoms with Crippen molar-refractivity contribution < 1.29 is 32.6 Å². The predicted molar refractivity (Wildman–Crippen MR) is 61.8 cm³/mol. The fraction of sp³-hybridized carbons (Fsp3) is 0.333. The van der Waals surface area contributed by atoms with Crippen LogP contribution >= 0.6 is 0 Å². The van der Waals surface area contributed by atoms with Crippen molar-refractivity contribution in [3.8, 4) is 0 Å². The number of hydrogen-bond donors (Lipinski definition) is 2. The molecular formula is C12H12F3NO4. The highest BCUT2D eigenvalue weighted by Gasteiger charge is 2.30. The van der Waals surface area contributed by atoms with Gasteiger partial charge in [-0.25, -0.2) is 4.79 Å². The van der Waals surface area contributed by atoms with Crippen LogP contribution in [-0.4, -0.2) is 36.7 Å². The molecule has 0 saturated heterocycles. The highest BCUT2D eigenvalue weighted by Crippen LogP contribution is 2.28. The van der Waals surface area contributed by atoms with Crippen molar-refractivity contribution in [2.24, 2.45) is 0 Å². The number of aliphatic hydroxyl groups is 1. The fourth-order valence-corrected chi connectivity index (χ4v) is 1.32. The second kappa shape index (κ2) is 6.38. The van der Waals surface area contributed by atoms with Gasteiger partial charge in [0.15, 0.2) is 6.10 Å². The number of hydrogen-bond acceptors (Lipinski definition) is 4. The molecule has 1 rings (SSSR count). The van der Waals surface area contributed by atoms with Crippen molar-refractivity contribution in [3.63, 3.8) is 0 Å². The maximum Gasteiger partial charge on any atom is 0.416 e. The molecule has 20 heavy (non-hydrogen) atoms. The highest BCUT2D eigenvalue weighted by molar-refractivity contribution is 5.94. The SMILES string of the molecule is COC(=O)C(O)CNC(=O)c1ccc(C(F)(F)F)cc1. The van der Waals surface area contributed by atoms with Crippen molar-refractivity contribution in [2.75, 3.05) is 13.7 Å². The summed E-state index contributed by atoms with van der Waals surface area (Å²) in [6.07, 6.45) is -6.01. The van der Waals surface area contributed by atoms with Crippen LogP contribution in [0, 0.1) is 0 Å². The van der Waals surface area contributed by atoms with Crippen molar-refractivity contribution in [1.82, 2.24) is 5.32 Å². The lowest BCUT2D eigenvalue weighted by Gasteiger charge is -2.10. The van der Waals surface area contributed by atoms with Crippen molar-refractivity contribution >= 4 is 11.9 Å². The Morgan fingerprint density at radius 3 is 2.30 bits per heavy atom. The van der Waals surface area contributed by atoms with Crippen LogP contribution < -0.4 is 5.32 Å². The number of carbonyl (C=O) groups is 2. The molecule has 2 N–H and O–H groups in total. The van der Waals surface area contributed by atoms with E-state index in [-0.39, 0.29) is 5.56 Å². The van der Waals surface area contributed by atoms with E-state index in [1.54, 1.807) is 0 Å². The minimum atomic E-state index is -4.48. The van der Waals surface area contributed by atoms with Gasteiger partial charge >= 0.3 is 12.1 Å². The number of carbonyl (C=O) groups excluding carboxylic acids is 2. The molecule has 0 aliphatic carbocycles. The molecule has 1 aromatic rings. The Kier molecular flexibility index (Phi) is 5.09. The van der Waals surface area contributed by atoms with E-state index in [0.717, 1.165) is 31.4 Å². The van der Waals surface area contributed by atoms with Crippen LogP contribution in [0.1, 0.15) is 15.9 Å². The molecule has 0 saturated carbocycles. The molecule has 1 atom stereocenters. The number of methoxy groups -OCH3 is 1. The Labute approximate surface area is 112 Å². The number of halogens is 3. The summed E-state index contributed by atoms with van der Waals surface area (Å²) in [7, 11) is 1.07. The Morgan fingerprint density at radius 1 is 1.30 bits per heavy atom. The van der Waals surface area contributed by atoms with Gasteiger partial charge in [-0.2, -0.15) is 13.2 Å². The summed E-state index contributed by atoms with van der Waals surface area (Å²) in [4.78, 5) is 22.4. The maximum atomic E-state index is 12.3. The fourth-order valence-electron chi connectivity index (χ4n) is 1.32. The molecule has 0 aliphatic rings. The highest BCUT2D eigenvalue weighted by atomic mass is 19.4. The normalized spacial score (nSPS) is 12.7. The van der Waals surface area contributed by atoms with Crippen LogP contribution in [0.4, 0.5) is 13.2 Å². The van der Waals surface area contributed by atoms with Crippen molar-refractivity contribution in [2.45, 2.75) is 12.3 Å². The molecule has 0 spiro atoms. The second-order valence-electron chi connectivity index (χ2n) is 3.82. The summed E-state index contributed by atoms with van der Waals surface area (Å²) in [5.74, 6) is -1.63. The van der Waals surface area contributed by atoms with Crippen LogP contribution in [0.25, 0.3) is 0 Å². The van der Waals surface area contributed by atoms with Gasteiger partial charge in [0.05, 0.1) is 19.2 Å².